The van der Waals surface area contributed by atoms with Crippen molar-refractivity contribution in [1.29, 1.82) is 5.41 Å². The monoisotopic (exact) mass is 353 g/mol. The van der Waals surface area contributed by atoms with E-state index in [2.05, 4.69) is 22.8 Å². The molecule has 0 amide bonds. The van der Waals surface area contributed by atoms with Gasteiger partial charge >= 0.3 is 0 Å². The highest BCUT2D eigenvalue weighted by Crippen LogP contribution is 2.14. The molecule has 128 valence electrons. The summed E-state index contributed by atoms with van der Waals surface area (Å²) in [6, 6.07) is 18.6. The molecule has 0 unspecified atom stereocenters. The van der Waals surface area contributed by atoms with Gasteiger partial charge in [0.05, 0.1) is 4.88 Å². The Bertz CT molecular complexity index is 813. The van der Waals surface area contributed by atoms with Gasteiger partial charge in [0, 0.05) is 12.2 Å². The molecule has 0 bridgehead atoms. The second kappa shape index (κ2) is 8.55. The molecule has 0 atom stereocenters. The Morgan fingerprint density at radius 2 is 1.84 bits per heavy atom. The highest BCUT2D eigenvalue weighted by Gasteiger charge is 2.03. The minimum atomic E-state index is -0.199. The van der Waals surface area contributed by atoms with Crippen molar-refractivity contribution in [3.8, 4) is 0 Å². The molecule has 3 nitrogen and oxygen atoms in total. The number of anilines is 1. The van der Waals surface area contributed by atoms with Crippen LogP contribution in [0.5, 0.6) is 0 Å². The molecule has 3 rings (SSSR count). The van der Waals surface area contributed by atoms with Crippen LogP contribution in [-0.4, -0.2) is 12.4 Å². The van der Waals surface area contributed by atoms with Crippen LogP contribution in [0.3, 0.4) is 0 Å². The van der Waals surface area contributed by atoms with Crippen LogP contribution in [0.4, 0.5) is 10.1 Å². The van der Waals surface area contributed by atoms with Gasteiger partial charge in [0.25, 0.3) is 0 Å². The minimum absolute atomic E-state index is 0.199. The van der Waals surface area contributed by atoms with E-state index in [0.29, 0.717) is 12.4 Å². The van der Waals surface area contributed by atoms with E-state index in [9.17, 15) is 4.39 Å². The van der Waals surface area contributed by atoms with E-state index in [1.807, 2.05) is 35.7 Å². The Morgan fingerprint density at radius 3 is 2.56 bits per heavy atom. The summed E-state index contributed by atoms with van der Waals surface area (Å²) in [6.45, 7) is 1.49. The van der Waals surface area contributed by atoms with E-state index in [0.717, 1.165) is 29.1 Å². The molecule has 0 fully saturated rings. The van der Waals surface area contributed by atoms with Crippen molar-refractivity contribution in [2.45, 2.75) is 13.0 Å². The summed E-state index contributed by atoms with van der Waals surface area (Å²) in [7, 11) is 0. The Kier molecular flexibility index (Phi) is 5.93. The van der Waals surface area contributed by atoms with E-state index >= 15 is 0 Å². The van der Waals surface area contributed by atoms with Crippen LogP contribution >= 0.6 is 11.3 Å². The summed E-state index contributed by atoms with van der Waals surface area (Å²) in [6.07, 6.45) is 0.901. The molecule has 5 heteroatoms. The van der Waals surface area contributed by atoms with Crippen LogP contribution in [-0.2, 0) is 13.0 Å². The van der Waals surface area contributed by atoms with Gasteiger partial charge in [-0.15, -0.1) is 11.3 Å². The first-order valence-corrected chi connectivity index (χ1v) is 9.02. The molecule has 0 aliphatic carbocycles. The van der Waals surface area contributed by atoms with Crippen LogP contribution in [0.1, 0.15) is 16.0 Å². The first-order valence-electron chi connectivity index (χ1n) is 8.14. The van der Waals surface area contributed by atoms with Crippen LogP contribution in [0.15, 0.2) is 66.0 Å². The predicted molar refractivity (Wildman–Crippen MR) is 103 cm³/mol. The average Bonchev–Trinajstić information content (AvgIpc) is 3.15. The largest absolute Gasteiger partial charge is 0.340 e. The third-order valence-corrected chi connectivity index (χ3v) is 4.69. The Balaban J connectivity index is 1.44. The minimum Gasteiger partial charge on any atom is -0.340 e. The van der Waals surface area contributed by atoms with Gasteiger partial charge in [-0.25, -0.2) is 4.39 Å². The van der Waals surface area contributed by atoms with Crippen molar-refractivity contribution >= 4 is 22.9 Å². The van der Waals surface area contributed by atoms with Crippen LogP contribution < -0.4 is 10.6 Å². The molecule has 0 spiro atoms. The summed E-state index contributed by atoms with van der Waals surface area (Å²) >= 11 is 1.55. The van der Waals surface area contributed by atoms with Gasteiger partial charge in [-0.1, -0.05) is 30.3 Å². The number of halogens is 1. The van der Waals surface area contributed by atoms with Gasteiger partial charge < -0.3 is 10.6 Å². The van der Waals surface area contributed by atoms with Gasteiger partial charge in [0.1, 0.15) is 11.7 Å². The molecule has 0 aliphatic rings. The number of benzene rings is 2. The fraction of sp³-hybridized carbons (Fsp3) is 0.150. The topological polar surface area (TPSA) is 47.9 Å². The van der Waals surface area contributed by atoms with Crippen molar-refractivity contribution in [3.05, 3.63) is 87.9 Å². The lowest BCUT2D eigenvalue weighted by Crippen LogP contribution is -2.16. The molecule has 1 aromatic heterocycles. The van der Waals surface area contributed by atoms with Gasteiger partial charge in [0.2, 0.25) is 0 Å². The van der Waals surface area contributed by atoms with E-state index in [1.165, 1.54) is 11.6 Å². The van der Waals surface area contributed by atoms with E-state index in [1.54, 1.807) is 23.5 Å². The normalized spacial score (nSPS) is 10.6. The SMILES string of the molecule is N=C(Nc1ccc(CCNCc2cccc(F)c2)cc1)c1cccs1. The first-order chi connectivity index (χ1) is 12.2. The Hall–Kier alpha value is -2.50. The highest BCUT2D eigenvalue weighted by atomic mass is 32.1. The molecule has 3 N–H and O–H groups in total. The standard InChI is InChI=1S/C20H20FN3S/c21-17-4-1-3-16(13-17)14-23-11-10-15-6-8-18(9-7-15)24-20(22)19-5-2-12-25-19/h1-9,12-13,23H,10-11,14H2,(H2,22,24). The van der Waals surface area contributed by atoms with Crippen molar-refractivity contribution < 1.29 is 4.39 Å². The number of rotatable bonds is 7. The Morgan fingerprint density at radius 1 is 1.00 bits per heavy atom. The van der Waals surface area contributed by atoms with Gasteiger partial charge in [-0.2, -0.15) is 0 Å². The number of hydrogen-bond donors (Lipinski definition) is 3. The van der Waals surface area contributed by atoms with Gasteiger partial charge in [0.15, 0.2) is 0 Å². The quantitative estimate of drug-likeness (QED) is 0.329. The summed E-state index contributed by atoms with van der Waals surface area (Å²) < 4.78 is 13.1. The lowest BCUT2D eigenvalue weighted by molar-refractivity contribution is 0.620. The maximum atomic E-state index is 13.1. The fourth-order valence-corrected chi connectivity index (χ4v) is 3.12. The molecule has 0 saturated heterocycles. The van der Waals surface area contributed by atoms with E-state index in [4.69, 9.17) is 5.41 Å². The zero-order valence-electron chi connectivity index (χ0n) is 13.8. The van der Waals surface area contributed by atoms with E-state index in [-0.39, 0.29) is 5.82 Å². The molecular weight excluding hydrogens is 333 g/mol. The van der Waals surface area contributed by atoms with Gasteiger partial charge in [-0.3, -0.25) is 5.41 Å². The number of nitrogens with one attached hydrogen (secondary N) is 3. The molecule has 1 heterocycles. The van der Waals surface area contributed by atoms with Crippen LogP contribution in [0, 0.1) is 11.2 Å². The summed E-state index contributed by atoms with van der Waals surface area (Å²) in [5, 5.41) is 16.4. The molecule has 0 saturated carbocycles. The molecule has 0 radical (unpaired) electrons. The fourth-order valence-electron chi connectivity index (χ4n) is 2.49. The van der Waals surface area contributed by atoms with Crippen molar-refractivity contribution in [2.75, 3.05) is 11.9 Å². The zero-order valence-corrected chi connectivity index (χ0v) is 14.6. The van der Waals surface area contributed by atoms with E-state index < -0.39 is 0 Å². The molecular formula is C20H20FN3S. The molecule has 2 aromatic carbocycles. The van der Waals surface area contributed by atoms with Crippen LogP contribution in [0.2, 0.25) is 0 Å². The first kappa shape index (κ1) is 17.3. The van der Waals surface area contributed by atoms with Crippen LogP contribution in [0.25, 0.3) is 0 Å². The zero-order chi connectivity index (χ0) is 17.5. The smallest absolute Gasteiger partial charge is 0.140 e. The number of hydrogen-bond acceptors (Lipinski definition) is 3. The lowest BCUT2D eigenvalue weighted by Gasteiger charge is -2.08. The Labute approximate surface area is 151 Å². The van der Waals surface area contributed by atoms with Gasteiger partial charge in [-0.05, 0) is 59.8 Å². The maximum Gasteiger partial charge on any atom is 0.140 e. The molecule has 0 aliphatic heterocycles. The maximum absolute atomic E-state index is 13.1. The molecule has 3 aromatic rings. The third kappa shape index (κ3) is 5.24. The average molecular weight is 353 g/mol. The third-order valence-electron chi connectivity index (χ3n) is 3.80. The molecule has 25 heavy (non-hydrogen) atoms. The predicted octanol–water partition coefficient (Wildman–Crippen LogP) is 4.66. The highest BCUT2D eigenvalue weighted by molar-refractivity contribution is 7.12. The summed E-state index contributed by atoms with van der Waals surface area (Å²) in [5.74, 6) is 0.218. The number of thiophene rings is 1. The van der Waals surface area contributed by atoms with Crippen molar-refractivity contribution in [2.24, 2.45) is 0 Å². The van der Waals surface area contributed by atoms with Crippen molar-refractivity contribution in [3.63, 3.8) is 0 Å². The second-order valence-electron chi connectivity index (χ2n) is 5.73. The van der Waals surface area contributed by atoms with Crippen molar-refractivity contribution in [1.82, 2.24) is 5.32 Å². The lowest BCUT2D eigenvalue weighted by atomic mass is 10.1. The summed E-state index contributed by atoms with van der Waals surface area (Å²) in [5.41, 5.74) is 3.08. The summed E-state index contributed by atoms with van der Waals surface area (Å²) in [4.78, 5) is 0.922. The number of amidine groups is 1. The second-order valence-corrected chi connectivity index (χ2v) is 6.68.